The van der Waals surface area contributed by atoms with Gasteiger partial charge in [0.2, 0.25) is 5.91 Å². The number of nitrogens with two attached hydrogens (primary N) is 2. The summed E-state index contributed by atoms with van der Waals surface area (Å²) in [6.45, 7) is 5.15. The molecule has 2 unspecified atom stereocenters. The number of carbonyl (C=O) groups excluding carboxylic acids is 1. The number of rotatable bonds is 7. The van der Waals surface area contributed by atoms with E-state index >= 15 is 0 Å². The molecule has 4 N–H and O–H groups in total. The number of likely N-dealkylation sites (N-methyl/N-ethyl adjacent to an activating group) is 1. The van der Waals surface area contributed by atoms with E-state index in [2.05, 4.69) is 23.9 Å². The minimum Gasteiger partial charge on any atom is -0.368 e. The van der Waals surface area contributed by atoms with Crippen LogP contribution in [0.5, 0.6) is 0 Å². The lowest BCUT2D eigenvalue weighted by Gasteiger charge is -2.22. The molecule has 0 saturated carbocycles. The van der Waals surface area contributed by atoms with E-state index in [0.717, 1.165) is 25.9 Å². The number of primary amides is 1. The van der Waals surface area contributed by atoms with E-state index < -0.39 is 11.4 Å². The molecule has 106 valence electrons. The topological polar surface area (TPSA) is 75.6 Å². The van der Waals surface area contributed by atoms with Crippen LogP contribution in [0.4, 0.5) is 0 Å². The molecule has 1 heterocycles. The molecule has 1 amide bonds. The SMILES string of the molecule is CN(C)C1CCN(CCCCC(C)(N)C(N)=O)C1. The van der Waals surface area contributed by atoms with Crippen molar-refractivity contribution in [1.82, 2.24) is 9.80 Å². The highest BCUT2D eigenvalue weighted by Gasteiger charge is 2.26. The minimum absolute atomic E-state index is 0.406. The highest BCUT2D eigenvalue weighted by atomic mass is 16.1. The lowest BCUT2D eigenvalue weighted by molar-refractivity contribution is -0.122. The maximum atomic E-state index is 11.1. The van der Waals surface area contributed by atoms with Crippen molar-refractivity contribution in [2.45, 2.75) is 44.2 Å². The molecule has 0 aromatic heterocycles. The second-order valence-corrected chi connectivity index (χ2v) is 5.95. The smallest absolute Gasteiger partial charge is 0.237 e. The van der Waals surface area contributed by atoms with Crippen molar-refractivity contribution < 1.29 is 4.79 Å². The van der Waals surface area contributed by atoms with Gasteiger partial charge in [-0.15, -0.1) is 0 Å². The van der Waals surface area contributed by atoms with Gasteiger partial charge >= 0.3 is 0 Å². The van der Waals surface area contributed by atoms with Gasteiger partial charge in [0.15, 0.2) is 0 Å². The fourth-order valence-electron chi connectivity index (χ4n) is 2.39. The van der Waals surface area contributed by atoms with Gasteiger partial charge in [-0.05, 0) is 59.8 Å². The molecule has 0 aliphatic carbocycles. The molecule has 1 aliphatic heterocycles. The molecule has 0 aromatic rings. The van der Waals surface area contributed by atoms with Gasteiger partial charge in [-0.2, -0.15) is 0 Å². The van der Waals surface area contributed by atoms with Crippen LogP contribution in [-0.4, -0.2) is 61.0 Å². The summed E-state index contributed by atoms with van der Waals surface area (Å²) in [6.07, 6.45) is 3.97. The Bertz CT molecular complexity index is 278. The first-order valence-electron chi connectivity index (χ1n) is 6.80. The van der Waals surface area contributed by atoms with Crippen molar-refractivity contribution >= 4 is 5.91 Å². The number of hydrogen-bond acceptors (Lipinski definition) is 4. The van der Waals surface area contributed by atoms with Crippen LogP contribution in [0.25, 0.3) is 0 Å². The molecule has 0 bridgehead atoms. The van der Waals surface area contributed by atoms with E-state index in [1.54, 1.807) is 6.92 Å². The van der Waals surface area contributed by atoms with Crippen molar-refractivity contribution in [2.75, 3.05) is 33.7 Å². The summed E-state index contributed by atoms with van der Waals surface area (Å²) in [5.74, 6) is -0.406. The van der Waals surface area contributed by atoms with Gasteiger partial charge in [0.25, 0.3) is 0 Å². The van der Waals surface area contributed by atoms with Crippen molar-refractivity contribution in [1.29, 1.82) is 0 Å². The third-order valence-corrected chi connectivity index (χ3v) is 3.96. The zero-order chi connectivity index (χ0) is 13.8. The van der Waals surface area contributed by atoms with Gasteiger partial charge in [0.05, 0.1) is 5.54 Å². The van der Waals surface area contributed by atoms with Crippen LogP contribution in [0.2, 0.25) is 0 Å². The fourth-order valence-corrected chi connectivity index (χ4v) is 2.39. The molecular weight excluding hydrogens is 228 g/mol. The van der Waals surface area contributed by atoms with E-state index in [-0.39, 0.29) is 0 Å². The molecule has 0 aromatic carbocycles. The third kappa shape index (κ3) is 4.55. The Labute approximate surface area is 110 Å². The molecular formula is C13H28N4O. The van der Waals surface area contributed by atoms with Crippen LogP contribution >= 0.6 is 0 Å². The van der Waals surface area contributed by atoms with Crippen LogP contribution in [0.1, 0.15) is 32.6 Å². The molecule has 0 radical (unpaired) electrons. The van der Waals surface area contributed by atoms with Crippen molar-refractivity contribution in [3.05, 3.63) is 0 Å². The Hall–Kier alpha value is -0.650. The molecule has 1 fully saturated rings. The molecule has 0 spiro atoms. The lowest BCUT2D eigenvalue weighted by Crippen LogP contribution is -2.49. The Morgan fingerprint density at radius 3 is 2.61 bits per heavy atom. The van der Waals surface area contributed by atoms with Crippen LogP contribution in [0.3, 0.4) is 0 Å². The van der Waals surface area contributed by atoms with Gasteiger partial charge in [-0.3, -0.25) is 4.79 Å². The minimum atomic E-state index is -0.850. The molecule has 1 saturated heterocycles. The average molecular weight is 256 g/mol. The Balaban J connectivity index is 2.14. The molecule has 1 aliphatic rings. The third-order valence-electron chi connectivity index (χ3n) is 3.96. The number of hydrogen-bond donors (Lipinski definition) is 2. The molecule has 5 nitrogen and oxygen atoms in total. The number of amides is 1. The van der Waals surface area contributed by atoms with Crippen LogP contribution in [0, 0.1) is 0 Å². The maximum Gasteiger partial charge on any atom is 0.237 e. The second-order valence-electron chi connectivity index (χ2n) is 5.95. The molecule has 18 heavy (non-hydrogen) atoms. The molecule has 5 heteroatoms. The van der Waals surface area contributed by atoms with Gasteiger partial charge in [0, 0.05) is 12.6 Å². The Morgan fingerprint density at radius 1 is 1.44 bits per heavy atom. The number of likely N-dealkylation sites (tertiary alicyclic amines) is 1. The van der Waals surface area contributed by atoms with Crippen LogP contribution < -0.4 is 11.5 Å². The summed E-state index contributed by atoms with van der Waals surface area (Å²) >= 11 is 0. The number of unbranched alkanes of at least 4 members (excludes halogenated alkanes) is 1. The van der Waals surface area contributed by atoms with Crippen molar-refractivity contribution in [3.8, 4) is 0 Å². The first-order chi connectivity index (χ1) is 8.33. The zero-order valence-corrected chi connectivity index (χ0v) is 12.0. The van der Waals surface area contributed by atoms with Crippen molar-refractivity contribution in [3.63, 3.8) is 0 Å². The van der Waals surface area contributed by atoms with Gasteiger partial charge in [0.1, 0.15) is 0 Å². The fraction of sp³-hybridized carbons (Fsp3) is 0.923. The van der Waals surface area contributed by atoms with Crippen molar-refractivity contribution in [2.24, 2.45) is 11.5 Å². The summed E-state index contributed by atoms with van der Waals surface area (Å²) in [6, 6.07) is 0.690. The summed E-state index contributed by atoms with van der Waals surface area (Å²) in [7, 11) is 4.28. The van der Waals surface area contributed by atoms with E-state index in [9.17, 15) is 4.79 Å². The van der Waals surface area contributed by atoms with Crippen LogP contribution in [-0.2, 0) is 4.79 Å². The van der Waals surface area contributed by atoms with Gasteiger partial charge in [-0.1, -0.05) is 0 Å². The normalized spacial score (nSPS) is 24.4. The predicted octanol–water partition coefficient (Wildman–Crippen LogP) is -0.00470. The van der Waals surface area contributed by atoms with Gasteiger partial charge < -0.3 is 21.3 Å². The second kappa shape index (κ2) is 6.50. The monoisotopic (exact) mass is 256 g/mol. The summed E-state index contributed by atoms with van der Waals surface area (Å²) in [5.41, 5.74) is 10.2. The van der Waals surface area contributed by atoms with E-state index in [1.807, 2.05) is 0 Å². The summed E-state index contributed by atoms with van der Waals surface area (Å²) in [5, 5.41) is 0. The lowest BCUT2D eigenvalue weighted by atomic mass is 9.95. The van der Waals surface area contributed by atoms with E-state index in [1.165, 1.54) is 13.0 Å². The largest absolute Gasteiger partial charge is 0.368 e. The standard InChI is InChI=1S/C13H28N4O/c1-13(15,12(14)18)7-4-5-8-17-9-6-11(10-17)16(2)3/h11H,4-10,15H2,1-3H3,(H2,14,18). The first kappa shape index (κ1) is 15.4. The number of nitrogens with zero attached hydrogens (tertiary/aromatic N) is 2. The maximum absolute atomic E-state index is 11.1. The van der Waals surface area contributed by atoms with E-state index in [0.29, 0.717) is 12.5 Å². The Morgan fingerprint density at radius 2 is 2.11 bits per heavy atom. The van der Waals surface area contributed by atoms with Crippen LogP contribution in [0.15, 0.2) is 0 Å². The average Bonchev–Trinajstić information content (AvgIpc) is 2.73. The van der Waals surface area contributed by atoms with E-state index in [4.69, 9.17) is 11.5 Å². The summed E-state index contributed by atoms with van der Waals surface area (Å²) in [4.78, 5) is 15.9. The first-order valence-corrected chi connectivity index (χ1v) is 6.80. The molecule has 2 atom stereocenters. The highest BCUT2D eigenvalue weighted by Crippen LogP contribution is 2.15. The number of carbonyl (C=O) groups is 1. The predicted molar refractivity (Wildman–Crippen MR) is 74.2 cm³/mol. The zero-order valence-electron chi connectivity index (χ0n) is 12.0. The highest BCUT2D eigenvalue weighted by molar-refractivity contribution is 5.83. The molecule has 1 rings (SSSR count). The quantitative estimate of drug-likeness (QED) is 0.629. The van der Waals surface area contributed by atoms with Gasteiger partial charge in [-0.25, -0.2) is 0 Å². The Kier molecular flexibility index (Phi) is 5.56. The summed E-state index contributed by atoms with van der Waals surface area (Å²) < 4.78 is 0.